The zero-order valence-corrected chi connectivity index (χ0v) is 98.9. The minimum atomic E-state index is -0.919. The number of carbonyl (C=O) groups excluding carboxylic acids is 2. The molecule has 0 aliphatic rings. The summed E-state index contributed by atoms with van der Waals surface area (Å²) in [5, 5.41) is 24.5. The maximum atomic E-state index is 12.7. The maximum Gasteiger partial charge on any atom is 0.338 e. The van der Waals surface area contributed by atoms with Crippen molar-refractivity contribution < 1.29 is 24.2 Å². The summed E-state index contributed by atoms with van der Waals surface area (Å²) in [6.45, 7) is 17.6. The van der Waals surface area contributed by atoms with Gasteiger partial charge in [0.05, 0.1) is 62.3 Å². The van der Waals surface area contributed by atoms with E-state index in [0.717, 1.165) is 181 Å². The summed E-state index contributed by atoms with van der Waals surface area (Å²) in [6, 6.07) is 101. The van der Waals surface area contributed by atoms with Crippen LogP contribution in [0.2, 0.25) is 35.2 Å². The first-order valence-corrected chi connectivity index (χ1v) is 54.1. The number of aromatic carboxylic acids is 1. The third kappa shape index (κ3) is 26.2. The van der Waals surface area contributed by atoms with E-state index in [1.807, 2.05) is 287 Å². The SMILES string of the molecule is Cc1c(C#N)c(-c2cccc(I)c2)c(-c2ccc(Cl)cc2)n1C.Cc1c(C(=O)O)c(-c2cccc(I)c2)c(-c2ccc(Cl)cc2)n1C.Cc1c(C(N)=O)c(-c2cccc(I)c2)c(-c2ccc(Cl)cc2)n1C.Cc1c(CC(=O)OC(C)(C)C)c(-c2cccc(I)c2)c(-c2ccc(Cl)cc2)n1C.Cc1c(Cl)c(-c2cccc(I)c2)c(-c2ccc(Cl)cc2)n1C.Cc1cc(-c2cccc(I)c2)c(-c2ccc(Cl)cc2)n1C. The van der Waals surface area contributed by atoms with Gasteiger partial charge in [-0.1, -0.05) is 227 Å². The number of carboxylic acid groups (broad SMARTS) is 1. The third-order valence-corrected chi connectivity index (χ3v) is 30.7. The van der Waals surface area contributed by atoms with Crippen LogP contribution in [0.4, 0.5) is 0 Å². The second-order valence-corrected chi connectivity index (χ2v) is 45.5. The van der Waals surface area contributed by atoms with Gasteiger partial charge in [-0.15, -0.1) is 0 Å². The largest absolute Gasteiger partial charge is 0.478 e. The molecule has 13 nitrogen and oxygen atoms in total. The quantitative estimate of drug-likeness (QED) is 0.0723. The highest BCUT2D eigenvalue weighted by Crippen LogP contribution is 2.48. The first-order chi connectivity index (χ1) is 67.9. The standard InChI is InChI=1S/C24H25ClINO2.C19H16ClIN2O.C19H14ClIN2.C19H15ClINO2.C18H14Cl2IN.C18H15ClIN/c1-15-20(14-21(28)29-24(2,3)4)22(17-7-6-8-19(26)13-17)23(27(15)5)16-9-11-18(25)12-10-16;1-11-16(19(22)24)17(13-4-3-5-15(21)10-13)18(23(11)2)12-6-8-14(20)9-7-12;1-12-17(11-22)18(14-4-3-5-16(21)10-14)19(23(12)2)13-6-8-15(20)9-7-13;1-11-16(19(23)24)17(13-4-3-5-15(21)10-13)18(22(11)2)12-6-8-14(20)9-7-12;1-11-17(20)16(13-4-3-5-15(21)10-13)18(22(11)2)12-6-8-14(19)9-7-12;1-12-10-17(14-4-3-5-16(20)11-14)18(21(12)2)13-6-8-15(19)9-7-13/h6-13H,14H2,1-5H3;3-10H,1-2H3,(H2,22,24);3-10H,1-2H3;3-10H,1-2H3,(H,23,24);3-10H,1-2H3;3-11H,1-2H3. The molecule has 18 rings (SSSR count). The van der Waals surface area contributed by atoms with E-state index in [2.05, 4.69) is 284 Å². The topological polar surface area (TPSA) is 160 Å². The number of rotatable bonds is 16. The van der Waals surface area contributed by atoms with Crippen molar-refractivity contribution in [2.45, 2.75) is 74.3 Å². The lowest BCUT2D eigenvalue weighted by Gasteiger charge is -2.20. The molecule has 143 heavy (non-hydrogen) atoms. The fraction of sp³-hybridized carbons (Fsp3) is 0.145. The average molecular weight is 2710 g/mol. The number of carboxylic acids is 1. The van der Waals surface area contributed by atoms with Crippen molar-refractivity contribution in [3.8, 4) is 140 Å². The summed E-state index contributed by atoms with van der Waals surface area (Å²) in [5.41, 5.74) is 38.7. The Kier molecular flexibility index (Phi) is 38.0. The van der Waals surface area contributed by atoms with Gasteiger partial charge in [0.25, 0.3) is 5.91 Å². The van der Waals surface area contributed by atoms with Crippen molar-refractivity contribution in [3.05, 3.63) is 410 Å². The number of amides is 1. The van der Waals surface area contributed by atoms with Gasteiger partial charge in [-0.2, -0.15) is 5.26 Å². The number of aromatic nitrogens is 6. The minimum absolute atomic E-state index is 0.222. The molecule has 6 aromatic heterocycles. The molecule has 3 N–H and O–H groups in total. The van der Waals surface area contributed by atoms with Crippen LogP contribution in [0.15, 0.2) is 297 Å². The van der Waals surface area contributed by atoms with Gasteiger partial charge in [0.15, 0.2) is 0 Å². The molecule has 0 bridgehead atoms. The predicted octanol–water partition coefficient (Wildman–Crippen LogP) is 35.8. The van der Waals surface area contributed by atoms with Crippen LogP contribution in [0, 0.1) is 74.3 Å². The smallest absolute Gasteiger partial charge is 0.338 e. The Balaban J connectivity index is 0.000000144. The molecule has 12 aromatic carbocycles. The number of halogens is 13. The van der Waals surface area contributed by atoms with Crippen molar-refractivity contribution in [2.75, 3.05) is 0 Å². The number of hydrogen-bond acceptors (Lipinski definition) is 5. The highest BCUT2D eigenvalue weighted by molar-refractivity contribution is 14.1. The summed E-state index contributed by atoms with van der Waals surface area (Å²) in [6.07, 6.45) is 0.228. The van der Waals surface area contributed by atoms with Gasteiger partial charge in [-0.05, 0) is 422 Å². The van der Waals surface area contributed by atoms with E-state index in [-0.39, 0.29) is 12.4 Å². The van der Waals surface area contributed by atoms with Gasteiger partial charge >= 0.3 is 11.9 Å². The molecule has 26 heteroatoms. The normalized spacial score (nSPS) is 11.0. The second kappa shape index (κ2) is 49.0. The highest BCUT2D eigenvalue weighted by atomic mass is 127. The van der Waals surface area contributed by atoms with E-state index in [0.29, 0.717) is 31.2 Å². The molecule has 1 amide bonds. The van der Waals surface area contributed by atoms with Gasteiger partial charge < -0.3 is 43.0 Å². The number of benzene rings is 12. The van der Waals surface area contributed by atoms with E-state index in [1.165, 1.54) is 35.2 Å². The molecule has 0 unspecified atom stereocenters. The van der Waals surface area contributed by atoms with Crippen LogP contribution in [0.5, 0.6) is 0 Å². The number of hydrogen-bond donors (Lipinski definition) is 2. The van der Waals surface area contributed by atoms with Gasteiger partial charge in [0, 0.05) is 161 Å². The summed E-state index contributed by atoms with van der Waals surface area (Å²) in [4.78, 5) is 36.7. The number of nitrogens with zero attached hydrogens (tertiary/aromatic N) is 7. The van der Waals surface area contributed by atoms with Gasteiger partial charge in [0.1, 0.15) is 11.7 Å². The van der Waals surface area contributed by atoms with Gasteiger partial charge in [-0.25, -0.2) is 4.79 Å². The summed E-state index contributed by atoms with van der Waals surface area (Å²) < 4.78 is 25.1. The van der Waals surface area contributed by atoms with Crippen LogP contribution in [0.1, 0.15) is 86.8 Å². The molecule has 0 saturated carbocycles. The number of carbonyl (C=O) groups is 3. The maximum absolute atomic E-state index is 12.7. The van der Waals surface area contributed by atoms with Crippen LogP contribution in [0.3, 0.4) is 0 Å². The van der Waals surface area contributed by atoms with E-state index in [4.69, 9.17) is 91.7 Å². The van der Waals surface area contributed by atoms with Crippen molar-refractivity contribution in [1.82, 2.24) is 27.4 Å². The first-order valence-electron chi connectivity index (χ1n) is 45.0. The zero-order chi connectivity index (χ0) is 104. The number of nitriles is 1. The first kappa shape index (κ1) is 111. The van der Waals surface area contributed by atoms with Crippen LogP contribution >= 0.6 is 217 Å². The molecule has 18 aromatic rings. The summed E-state index contributed by atoms with van der Waals surface area (Å²) >= 11 is 56.6. The fourth-order valence-electron chi connectivity index (χ4n) is 17.4. The number of nitrogens with two attached hydrogens (primary N) is 1. The van der Waals surface area contributed by atoms with E-state index < -0.39 is 17.5 Å². The van der Waals surface area contributed by atoms with Crippen molar-refractivity contribution >= 4 is 235 Å². The van der Waals surface area contributed by atoms with Gasteiger partial charge in [-0.3, -0.25) is 9.59 Å². The lowest BCUT2D eigenvalue weighted by atomic mass is 9.95. The lowest BCUT2D eigenvalue weighted by Crippen LogP contribution is -2.25. The zero-order valence-electron chi connectivity index (χ0n) is 80.7. The van der Waals surface area contributed by atoms with Crippen LogP contribution in [-0.2, 0) is 58.2 Å². The third-order valence-electron chi connectivity index (χ3n) is 24.7. The molecular weight excluding hydrogens is 2610 g/mol. The monoisotopic (exact) mass is 2700 g/mol. The molecule has 0 saturated heterocycles. The molecule has 6 heterocycles. The van der Waals surface area contributed by atoms with Crippen LogP contribution in [0.25, 0.3) is 134 Å². The summed E-state index contributed by atoms with van der Waals surface area (Å²) in [5.74, 6) is -1.56. The molecule has 0 aliphatic carbocycles. The Labute approximate surface area is 952 Å². The Morgan fingerprint density at radius 1 is 0.329 bits per heavy atom. The van der Waals surface area contributed by atoms with Gasteiger partial charge in [0.2, 0.25) is 0 Å². The number of ether oxygens (including phenoxy) is 1. The Hall–Kier alpha value is -9.37. The number of aryl methyl sites for hydroxylation is 1. The van der Waals surface area contributed by atoms with Crippen molar-refractivity contribution in [3.63, 3.8) is 0 Å². The Morgan fingerprint density at radius 2 is 0.594 bits per heavy atom. The number of esters is 1. The average Bonchev–Trinajstić information content (AvgIpc) is 1.59. The Bertz CT molecular complexity index is 7660. The summed E-state index contributed by atoms with van der Waals surface area (Å²) in [7, 11) is 12.0. The molecule has 0 atom stereocenters. The Morgan fingerprint density at radius 3 is 0.923 bits per heavy atom. The van der Waals surface area contributed by atoms with Crippen LogP contribution < -0.4 is 5.73 Å². The lowest BCUT2D eigenvalue weighted by molar-refractivity contribution is -0.153. The molecular formula is C117H99Cl7I6N8O5. The van der Waals surface area contributed by atoms with E-state index in [1.54, 1.807) is 0 Å². The van der Waals surface area contributed by atoms with Crippen molar-refractivity contribution in [2.24, 2.45) is 48.0 Å². The second-order valence-electron chi connectivity index (χ2n) is 35.0. The van der Waals surface area contributed by atoms with Crippen LogP contribution in [-0.4, -0.2) is 56.0 Å². The number of primary amides is 1. The molecule has 0 fully saturated rings. The van der Waals surface area contributed by atoms with E-state index >= 15 is 0 Å². The van der Waals surface area contributed by atoms with E-state index in [9.17, 15) is 24.8 Å². The highest BCUT2D eigenvalue weighted by Gasteiger charge is 2.31. The fourth-order valence-corrected chi connectivity index (χ4v) is 21.7. The molecule has 0 aliphatic heterocycles. The molecule has 0 radical (unpaired) electrons. The molecule has 728 valence electrons. The predicted molar refractivity (Wildman–Crippen MR) is 647 cm³/mol. The minimum Gasteiger partial charge on any atom is -0.478 e. The molecule has 0 spiro atoms. The van der Waals surface area contributed by atoms with Crippen molar-refractivity contribution in [1.29, 1.82) is 5.26 Å².